The maximum Gasteiger partial charge on any atom is 0.339 e. The number of benzene rings is 2. The van der Waals surface area contributed by atoms with E-state index in [9.17, 15) is 29.4 Å². The van der Waals surface area contributed by atoms with Crippen molar-refractivity contribution < 1.29 is 33.8 Å². The Labute approximate surface area is 308 Å². The average Bonchev–Trinajstić information content (AvgIpc) is 3.92. The second kappa shape index (κ2) is 17.3. The van der Waals surface area contributed by atoms with E-state index in [1.807, 2.05) is 17.5 Å². The number of hydrogen-bond donors (Lipinski definition) is 4. The van der Waals surface area contributed by atoms with Crippen molar-refractivity contribution in [1.82, 2.24) is 0 Å². The van der Waals surface area contributed by atoms with Crippen LogP contribution in [0.3, 0.4) is 0 Å². The number of nitrogens with one attached hydrogen (secondary N) is 2. The van der Waals surface area contributed by atoms with Crippen molar-refractivity contribution in [1.29, 1.82) is 0 Å². The fourth-order valence-corrected chi connectivity index (χ4v) is 7.69. The van der Waals surface area contributed by atoms with E-state index in [4.69, 9.17) is 27.6 Å². The second-order valence-corrected chi connectivity index (χ2v) is 14.3. The second-order valence-electron chi connectivity index (χ2n) is 10.6. The Hall–Kier alpha value is -4.72. The highest BCUT2D eigenvalue weighted by Gasteiger charge is 2.22. The van der Waals surface area contributed by atoms with E-state index < -0.39 is 11.9 Å². The van der Waals surface area contributed by atoms with Crippen molar-refractivity contribution in [2.45, 2.75) is 25.7 Å². The van der Waals surface area contributed by atoms with Gasteiger partial charge in [0.1, 0.15) is 26.9 Å². The molecule has 2 aromatic carbocycles. The summed E-state index contributed by atoms with van der Waals surface area (Å²) in [5.41, 5.74) is 2.79. The van der Waals surface area contributed by atoms with E-state index in [1.54, 1.807) is 89.0 Å². The summed E-state index contributed by atoms with van der Waals surface area (Å²) in [5.74, 6) is -1.90. The third-order valence-corrected chi connectivity index (χ3v) is 10.4. The van der Waals surface area contributed by atoms with Crippen LogP contribution in [0.5, 0.6) is 0 Å². The number of amides is 2. The molecule has 6 rings (SSSR count). The Morgan fingerprint density at radius 1 is 0.640 bits per heavy atom. The number of furan rings is 1. The van der Waals surface area contributed by atoms with E-state index in [1.165, 1.54) is 22.7 Å². The highest BCUT2D eigenvalue weighted by Crippen LogP contribution is 2.37. The monoisotopic (exact) mass is 766 g/mol. The zero-order valence-electron chi connectivity index (χ0n) is 26.0. The zero-order chi connectivity index (χ0) is 35.6. The minimum atomic E-state index is -1.09. The Balaban J connectivity index is 0.000000194. The van der Waals surface area contributed by atoms with E-state index in [2.05, 4.69) is 10.6 Å². The molecule has 4 aromatic heterocycles. The van der Waals surface area contributed by atoms with Gasteiger partial charge in [-0.2, -0.15) is 0 Å². The van der Waals surface area contributed by atoms with E-state index in [-0.39, 0.29) is 29.4 Å². The molecule has 0 saturated heterocycles. The first kappa shape index (κ1) is 36.6. The molecular weight excluding hydrogens is 740 g/mol. The predicted molar refractivity (Wildman–Crippen MR) is 200 cm³/mol. The normalized spacial score (nSPS) is 10.6. The molecule has 9 nitrogen and oxygen atoms in total. The van der Waals surface area contributed by atoms with Crippen LogP contribution in [-0.2, 0) is 22.4 Å². The number of thiophene rings is 3. The van der Waals surface area contributed by atoms with Gasteiger partial charge in [0.2, 0.25) is 11.8 Å². The number of anilines is 2. The third kappa shape index (κ3) is 9.71. The summed E-state index contributed by atoms with van der Waals surface area (Å²) in [6.45, 7) is 0. The predicted octanol–water partition coefficient (Wildman–Crippen LogP) is 10.3. The van der Waals surface area contributed by atoms with E-state index in [0.29, 0.717) is 56.2 Å². The van der Waals surface area contributed by atoms with Crippen molar-refractivity contribution in [2.24, 2.45) is 0 Å². The summed E-state index contributed by atoms with van der Waals surface area (Å²) < 4.78 is 5.19. The van der Waals surface area contributed by atoms with Gasteiger partial charge in [-0.1, -0.05) is 53.5 Å². The van der Waals surface area contributed by atoms with Gasteiger partial charge < -0.3 is 25.3 Å². The number of carbonyl (C=O) groups is 4. The van der Waals surface area contributed by atoms with Crippen LogP contribution in [0.25, 0.3) is 22.3 Å². The zero-order valence-corrected chi connectivity index (χ0v) is 29.9. The van der Waals surface area contributed by atoms with Gasteiger partial charge in [-0.15, -0.1) is 34.0 Å². The van der Waals surface area contributed by atoms with Crippen LogP contribution in [0, 0.1) is 0 Å². The molecule has 4 heterocycles. The standard InChI is InChI=1S/C18H14ClNO4S.C18H14ClNO3S2/c2*19-12-5-3-11(4-6-12)14-10-25-17(16(14)18(22)23)20-15(21)8-7-13-2-1-9-24-13/h2*1-6,9-10H,7-8H2,(H,20,21)(H,22,23). The first-order valence-electron chi connectivity index (χ1n) is 14.9. The lowest BCUT2D eigenvalue weighted by atomic mass is 10.0. The van der Waals surface area contributed by atoms with Crippen LogP contribution in [0.15, 0.2) is 99.6 Å². The van der Waals surface area contributed by atoms with Crippen molar-refractivity contribution in [2.75, 3.05) is 10.6 Å². The molecule has 6 aromatic rings. The summed E-state index contributed by atoms with van der Waals surface area (Å²) in [5, 5.41) is 31.8. The molecule has 0 bridgehead atoms. The molecule has 0 fully saturated rings. The van der Waals surface area contributed by atoms with E-state index >= 15 is 0 Å². The lowest BCUT2D eigenvalue weighted by molar-refractivity contribution is -0.117. The fourth-order valence-electron chi connectivity index (χ4n) is 4.77. The van der Waals surface area contributed by atoms with Crippen molar-refractivity contribution in [3.05, 3.63) is 127 Å². The van der Waals surface area contributed by atoms with Gasteiger partial charge >= 0.3 is 11.9 Å². The number of aromatic carboxylic acids is 2. The number of hydrogen-bond acceptors (Lipinski definition) is 8. The van der Waals surface area contributed by atoms with Crippen LogP contribution in [-0.4, -0.2) is 34.0 Å². The third-order valence-electron chi connectivity index (χ3n) is 7.18. The van der Waals surface area contributed by atoms with Crippen LogP contribution >= 0.6 is 57.2 Å². The smallest absolute Gasteiger partial charge is 0.339 e. The van der Waals surface area contributed by atoms with Crippen molar-refractivity contribution in [3.8, 4) is 22.3 Å². The topological polar surface area (TPSA) is 146 Å². The van der Waals surface area contributed by atoms with Crippen LogP contribution < -0.4 is 10.6 Å². The lowest BCUT2D eigenvalue weighted by Crippen LogP contribution is -2.13. The Morgan fingerprint density at radius 3 is 1.56 bits per heavy atom. The maximum absolute atomic E-state index is 12.2. The van der Waals surface area contributed by atoms with Gasteiger partial charge in [0.05, 0.1) is 6.26 Å². The van der Waals surface area contributed by atoms with Gasteiger partial charge in [0.25, 0.3) is 0 Å². The van der Waals surface area contributed by atoms with Crippen molar-refractivity contribution >= 4 is 91.0 Å². The molecule has 0 atom stereocenters. The summed E-state index contributed by atoms with van der Waals surface area (Å²) >= 11 is 15.8. The molecule has 0 aliphatic carbocycles. The molecule has 256 valence electrons. The number of aryl methyl sites for hydroxylation is 2. The molecule has 0 unspecified atom stereocenters. The molecule has 0 radical (unpaired) electrons. The van der Waals surface area contributed by atoms with Crippen LogP contribution in [0.1, 0.15) is 44.2 Å². The summed E-state index contributed by atoms with van der Waals surface area (Å²) in [6.07, 6.45) is 3.17. The molecule has 0 aliphatic heterocycles. The first-order valence-corrected chi connectivity index (χ1v) is 18.3. The van der Waals surface area contributed by atoms with Gasteiger partial charge in [0, 0.05) is 56.1 Å². The number of rotatable bonds is 12. The number of carbonyl (C=O) groups excluding carboxylic acids is 2. The number of halogens is 2. The van der Waals surface area contributed by atoms with Gasteiger partial charge in [-0.25, -0.2) is 9.59 Å². The highest BCUT2D eigenvalue weighted by molar-refractivity contribution is 7.15. The minimum Gasteiger partial charge on any atom is -0.478 e. The largest absolute Gasteiger partial charge is 0.478 e. The van der Waals surface area contributed by atoms with E-state index in [0.717, 1.165) is 16.0 Å². The summed E-state index contributed by atoms with van der Waals surface area (Å²) in [6, 6.07) is 21.3. The van der Waals surface area contributed by atoms with Gasteiger partial charge in [-0.3, -0.25) is 9.59 Å². The molecule has 0 saturated carbocycles. The Kier molecular flexibility index (Phi) is 12.6. The van der Waals surface area contributed by atoms with Gasteiger partial charge in [0.15, 0.2) is 0 Å². The Bertz CT molecular complexity index is 1920. The van der Waals surface area contributed by atoms with Crippen molar-refractivity contribution in [3.63, 3.8) is 0 Å². The van der Waals surface area contributed by atoms with Crippen LogP contribution in [0.2, 0.25) is 10.0 Å². The summed E-state index contributed by atoms with van der Waals surface area (Å²) in [4.78, 5) is 48.8. The highest BCUT2D eigenvalue weighted by atomic mass is 35.5. The lowest BCUT2D eigenvalue weighted by Gasteiger charge is -2.06. The average molecular weight is 768 g/mol. The fraction of sp³-hybridized carbons (Fsp3) is 0.111. The van der Waals surface area contributed by atoms with Crippen LogP contribution in [0.4, 0.5) is 10.0 Å². The Morgan fingerprint density at radius 2 is 1.14 bits per heavy atom. The SMILES string of the molecule is O=C(CCc1ccco1)Nc1scc(-c2ccc(Cl)cc2)c1C(=O)O.O=C(CCc1cccs1)Nc1scc(-c2ccc(Cl)cc2)c1C(=O)O. The molecule has 50 heavy (non-hydrogen) atoms. The number of carboxylic acid groups (broad SMARTS) is 2. The summed E-state index contributed by atoms with van der Waals surface area (Å²) in [7, 11) is 0. The molecule has 14 heteroatoms. The van der Waals surface area contributed by atoms with Gasteiger partial charge in [-0.05, 0) is 65.4 Å². The molecule has 2 amide bonds. The number of carboxylic acids is 2. The molecule has 0 aliphatic rings. The quantitative estimate of drug-likeness (QED) is 0.0970. The minimum absolute atomic E-state index is 0.0821. The molecule has 0 spiro atoms. The first-order chi connectivity index (χ1) is 24.1. The maximum atomic E-state index is 12.2. The molecule has 4 N–H and O–H groups in total. The molecular formula is C36H28Cl2N2O7S3.